The van der Waals surface area contributed by atoms with Crippen molar-refractivity contribution in [3.63, 3.8) is 0 Å². The summed E-state index contributed by atoms with van der Waals surface area (Å²) in [5.41, 5.74) is 13.6. The fourth-order valence-corrected chi connectivity index (χ4v) is 6.91. The van der Waals surface area contributed by atoms with Crippen molar-refractivity contribution in [2.45, 2.75) is 89.8 Å². The zero-order valence-electron chi connectivity index (χ0n) is 33.3. The van der Waals surface area contributed by atoms with Crippen LogP contribution in [0.4, 0.5) is 4.79 Å². The van der Waals surface area contributed by atoms with Crippen molar-refractivity contribution in [3.05, 3.63) is 112 Å². The summed E-state index contributed by atoms with van der Waals surface area (Å²) >= 11 is 0. The summed E-state index contributed by atoms with van der Waals surface area (Å²) < 4.78 is 10.8. The number of carbonyl (C=O) groups excluding carboxylic acids is 1. The molecule has 0 bridgehead atoms. The van der Waals surface area contributed by atoms with Gasteiger partial charge >= 0.3 is 6.09 Å². The smallest absolute Gasteiger partial charge is 0.407 e. The van der Waals surface area contributed by atoms with Crippen LogP contribution in [0.15, 0.2) is 67.5 Å². The van der Waals surface area contributed by atoms with Crippen LogP contribution in [-0.4, -0.2) is 69.6 Å². The van der Waals surface area contributed by atoms with Crippen LogP contribution in [-0.2, 0) is 30.7 Å². The largest absolute Gasteiger partial charge is 0.444 e. The summed E-state index contributed by atoms with van der Waals surface area (Å²) in [4.78, 5) is 31.0. The zero-order valence-corrected chi connectivity index (χ0v) is 33.3. The lowest BCUT2D eigenvalue weighted by Gasteiger charge is -2.19. The number of rotatable bonds is 14. The Bertz CT molecular complexity index is 2570. The minimum Gasteiger partial charge on any atom is -0.444 e. The number of hydrogen-bond acceptors (Lipinski definition) is 12. The Morgan fingerprint density at radius 2 is 1.61 bits per heavy atom. The van der Waals surface area contributed by atoms with Gasteiger partial charge in [-0.3, -0.25) is 0 Å². The number of aromatic nitrogens is 10. The predicted molar refractivity (Wildman–Crippen MR) is 215 cm³/mol. The Morgan fingerprint density at radius 3 is 2.25 bits per heavy atom. The zero-order chi connectivity index (χ0) is 41.1. The first-order valence-corrected chi connectivity index (χ1v) is 19.9. The van der Waals surface area contributed by atoms with Crippen LogP contribution in [0.2, 0.25) is 0 Å². The van der Waals surface area contributed by atoms with Gasteiger partial charge < -0.3 is 15.8 Å². The Kier molecular flexibility index (Phi) is 10.9. The molecule has 3 N–H and O–H groups in total. The summed E-state index contributed by atoms with van der Waals surface area (Å²) in [5, 5.41) is 37.1. The third-order valence-corrected chi connectivity index (χ3v) is 10.2. The second-order valence-electron chi connectivity index (χ2n) is 16.1. The number of nitriles is 2. The van der Waals surface area contributed by atoms with E-state index in [4.69, 9.17) is 25.7 Å². The van der Waals surface area contributed by atoms with E-state index < -0.39 is 11.7 Å². The van der Waals surface area contributed by atoms with Crippen LogP contribution in [0.1, 0.15) is 103 Å². The number of nitrogens with one attached hydrogen (secondary N) is 1. The first-order valence-electron chi connectivity index (χ1n) is 19.9. The molecule has 2 aliphatic carbocycles. The van der Waals surface area contributed by atoms with Crippen molar-refractivity contribution in [3.8, 4) is 40.6 Å². The van der Waals surface area contributed by atoms with Crippen molar-refractivity contribution >= 4 is 6.09 Å². The number of amides is 1. The highest BCUT2D eigenvalue weighted by molar-refractivity contribution is 5.69. The molecule has 8 rings (SSSR count). The number of carbonyl (C=O) groups is 1. The molecule has 4 heterocycles. The van der Waals surface area contributed by atoms with E-state index in [1.165, 1.54) is 0 Å². The summed E-state index contributed by atoms with van der Waals surface area (Å²) in [6.07, 6.45) is 16.0. The van der Waals surface area contributed by atoms with E-state index >= 15 is 0 Å². The maximum absolute atomic E-state index is 12.2. The van der Waals surface area contributed by atoms with Crippen molar-refractivity contribution in [2.24, 2.45) is 5.73 Å². The first kappa shape index (κ1) is 38.9. The maximum atomic E-state index is 12.2. The van der Waals surface area contributed by atoms with Gasteiger partial charge in [0.15, 0.2) is 29.2 Å². The van der Waals surface area contributed by atoms with Crippen molar-refractivity contribution in [1.29, 1.82) is 10.5 Å². The molecule has 0 radical (unpaired) electrons. The van der Waals surface area contributed by atoms with Crippen molar-refractivity contribution < 1.29 is 14.2 Å². The van der Waals surface area contributed by atoms with Crippen LogP contribution in [0, 0.1) is 22.7 Å². The second kappa shape index (κ2) is 16.5. The van der Waals surface area contributed by atoms with Crippen LogP contribution in [0.5, 0.6) is 0 Å². The normalized spacial score (nSPS) is 13.8. The van der Waals surface area contributed by atoms with Gasteiger partial charge in [-0.25, -0.2) is 29.4 Å². The molecule has 2 fully saturated rings. The summed E-state index contributed by atoms with van der Waals surface area (Å²) in [5.74, 6) is 1.73. The fourth-order valence-electron chi connectivity index (χ4n) is 6.91. The molecule has 16 heteroatoms. The Labute approximate surface area is 341 Å². The Morgan fingerprint density at radius 1 is 0.915 bits per heavy atom. The standard InChI is InChI=1S/C43H44N14O2/c1-43(2,3)59-42(58)47-13-11-29-21-50-41(51-22-29)36-16-38(32(18-46)15-34(36)23-55-25-37(52-53-55)30-5-6-30)57-39(31-7-8-31)26-56(54-57)24-33-14-27(17-45)4-9-35(33)40-48-19-28(10-12-44)20-49-40/h4,9,14-16,19-22,25-26,30-31H,5-8,10-13,23-24,44H2,1-3H3/p+1. The molecule has 0 unspecified atom stereocenters. The molecular formula is C43H45N14O2+. The maximum Gasteiger partial charge on any atom is 0.407 e. The van der Waals surface area contributed by atoms with Crippen molar-refractivity contribution in [2.75, 3.05) is 13.1 Å². The summed E-state index contributed by atoms with van der Waals surface area (Å²) in [6, 6.07) is 14.0. The average Bonchev–Trinajstić information content (AvgIpc) is 4.17. The highest BCUT2D eigenvalue weighted by Crippen LogP contribution is 2.41. The summed E-state index contributed by atoms with van der Waals surface area (Å²) in [7, 11) is 0. The topological polar surface area (TPSA) is 216 Å². The molecule has 0 saturated heterocycles. The molecule has 6 aromatic rings. The van der Waals surface area contributed by atoms with Crippen LogP contribution >= 0.6 is 0 Å². The number of nitrogens with zero attached hydrogens (tertiary/aromatic N) is 12. The third-order valence-electron chi connectivity index (χ3n) is 10.2. The van der Waals surface area contributed by atoms with E-state index in [0.29, 0.717) is 73.4 Å². The molecule has 0 atom stereocenters. The Hall–Kier alpha value is -6.91. The van der Waals surface area contributed by atoms with Gasteiger partial charge in [-0.05, 0) is 107 Å². The SMILES string of the molecule is CC(C)(C)OC(=O)NCCc1cnc(-c2cc(-n3n[n+](Cc4cc(C#N)ccc4-c4ncc(CCN)cn4)cc3C3CC3)c(C#N)cc2Cn2cc(C3CC3)nn2)nc1. The quantitative estimate of drug-likeness (QED) is 0.142. The van der Waals surface area contributed by atoms with Gasteiger partial charge in [0.1, 0.15) is 23.8 Å². The molecular weight excluding hydrogens is 745 g/mol. The monoisotopic (exact) mass is 789 g/mol. The lowest BCUT2D eigenvalue weighted by molar-refractivity contribution is -0.747. The number of nitrogens with two attached hydrogens (primary N) is 1. The van der Waals surface area contributed by atoms with Gasteiger partial charge in [0.25, 0.3) is 0 Å². The molecule has 0 aliphatic heterocycles. The highest BCUT2D eigenvalue weighted by Gasteiger charge is 2.36. The molecule has 59 heavy (non-hydrogen) atoms. The minimum absolute atomic E-state index is 0.266. The van der Waals surface area contributed by atoms with Gasteiger partial charge in [0.05, 0.1) is 29.1 Å². The molecule has 16 nitrogen and oxygen atoms in total. The molecule has 2 aliphatic rings. The minimum atomic E-state index is -0.588. The second-order valence-corrected chi connectivity index (χ2v) is 16.1. The Balaban J connectivity index is 1.14. The van der Waals surface area contributed by atoms with E-state index in [-0.39, 0.29) is 5.92 Å². The first-order chi connectivity index (χ1) is 28.6. The molecule has 2 aromatic carbocycles. The highest BCUT2D eigenvalue weighted by atomic mass is 16.6. The van der Waals surface area contributed by atoms with Gasteiger partial charge in [-0.15, -0.1) is 9.78 Å². The van der Waals surface area contributed by atoms with Gasteiger partial charge in [0.2, 0.25) is 0 Å². The number of ether oxygens (including phenoxy) is 1. The van der Waals surface area contributed by atoms with Crippen LogP contribution in [0.25, 0.3) is 28.5 Å². The van der Waals surface area contributed by atoms with Crippen LogP contribution in [0.3, 0.4) is 0 Å². The van der Waals surface area contributed by atoms with Crippen molar-refractivity contribution in [1.82, 2.24) is 50.1 Å². The van der Waals surface area contributed by atoms with E-state index in [0.717, 1.165) is 70.5 Å². The number of hydrogen-bond donors (Lipinski definition) is 2. The molecule has 2 saturated carbocycles. The average molecular weight is 790 g/mol. The van der Waals surface area contributed by atoms with E-state index in [9.17, 15) is 15.3 Å². The predicted octanol–water partition coefficient (Wildman–Crippen LogP) is 4.83. The fraction of sp³-hybridized carbons (Fsp3) is 0.372. The van der Waals surface area contributed by atoms with E-state index in [1.807, 2.05) is 66.8 Å². The third kappa shape index (κ3) is 9.29. The number of alkyl carbamates (subject to hydrolysis) is 1. The molecule has 298 valence electrons. The molecule has 4 aromatic heterocycles. The van der Waals surface area contributed by atoms with Gasteiger partial charge in [-0.2, -0.15) is 10.5 Å². The van der Waals surface area contributed by atoms with E-state index in [1.54, 1.807) is 35.5 Å². The number of benzene rings is 2. The van der Waals surface area contributed by atoms with Gasteiger partial charge in [0, 0.05) is 72.1 Å². The molecule has 1 amide bonds. The van der Waals surface area contributed by atoms with E-state index in [2.05, 4.69) is 37.7 Å². The lowest BCUT2D eigenvalue weighted by Crippen LogP contribution is -2.37. The van der Waals surface area contributed by atoms with Gasteiger partial charge in [-0.1, -0.05) is 9.90 Å². The lowest BCUT2D eigenvalue weighted by atomic mass is 10.0. The summed E-state index contributed by atoms with van der Waals surface area (Å²) in [6.45, 7) is 7.02. The molecule has 0 spiro atoms. The van der Waals surface area contributed by atoms with Crippen LogP contribution < -0.4 is 15.7 Å².